The SMILES string of the molecule is CCCOC(=O)CCN1C(=O)/C(=C\c2ccccc2OCc2ccc(Cl)cc2Cl)SC1=S. The van der Waals surface area contributed by atoms with Crippen molar-refractivity contribution in [1.82, 2.24) is 4.90 Å². The van der Waals surface area contributed by atoms with Gasteiger partial charge in [-0.25, -0.2) is 0 Å². The minimum atomic E-state index is -0.343. The van der Waals surface area contributed by atoms with Crippen LogP contribution in [0.5, 0.6) is 5.75 Å². The number of benzene rings is 2. The first-order valence-electron chi connectivity index (χ1n) is 9.95. The monoisotopic (exact) mass is 509 g/mol. The first kappa shape index (κ1) is 24.6. The number of ether oxygens (including phenoxy) is 2. The third-order valence-electron chi connectivity index (χ3n) is 4.48. The number of rotatable bonds is 9. The fourth-order valence-electron chi connectivity index (χ4n) is 2.85. The molecule has 168 valence electrons. The van der Waals surface area contributed by atoms with E-state index in [1.54, 1.807) is 18.2 Å². The second-order valence-corrected chi connectivity index (χ2v) is 9.39. The van der Waals surface area contributed by atoms with Gasteiger partial charge in [0.25, 0.3) is 5.91 Å². The maximum absolute atomic E-state index is 12.8. The van der Waals surface area contributed by atoms with Gasteiger partial charge in [0.2, 0.25) is 0 Å². The van der Waals surface area contributed by atoms with Crippen LogP contribution in [0.4, 0.5) is 0 Å². The minimum absolute atomic E-state index is 0.0985. The van der Waals surface area contributed by atoms with Crippen molar-refractivity contribution < 1.29 is 19.1 Å². The summed E-state index contributed by atoms with van der Waals surface area (Å²) in [5.41, 5.74) is 1.53. The molecule has 5 nitrogen and oxygen atoms in total. The van der Waals surface area contributed by atoms with Crippen LogP contribution in [0.2, 0.25) is 10.0 Å². The second-order valence-electron chi connectivity index (χ2n) is 6.87. The third kappa shape index (κ3) is 6.48. The number of nitrogens with zero attached hydrogens (tertiary/aromatic N) is 1. The highest BCUT2D eigenvalue weighted by Gasteiger charge is 2.32. The van der Waals surface area contributed by atoms with Crippen molar-refractivity contribution in [2.75, 3.05) is 13.2 Å². The van der Waals surface area contributed by atoms with E-state index < -0.39 is 0 Å². The molecular weight excluding hydrogens is 489 g/mol. The van der Waals surface area contributed by atoms with E-state index in [2.05, 4.69) is 0 Å². The van der Waals surface area contributed by atoms with E-state index in [1.807, 2.05) is 37.3 Å². The van der Waals surface area contributed by atoms with Gasteiger partial charge in [0, 0.05) is 27.7 Å². The molecule has 0 aliphatic carbocycles. The number of esters is 1. The van der Waals surface area contributed by atoms with Gasteiger partial charge >= 0.3 is 5.97 Å². The molecule has 3 rings (SSSR count). The molecule has 0 N–H and O–H groups in total. The molecule has 1 heterocycles. The quantitative estimate of drug-likeness (QED) is 0.230. The molecule has 1 saturated heterocycles. The lowest BCUT2D eigenvalue weighted by Crippen LogP contribution is -2.30. The van der Waals surface area contributed by atoms with E-state index >= 15 is 0 Å². The van der Waals surface area contributed by atoms with Crippen LogP contribution in [0.25, 0.3) is 6.08 Å². The summed E-state index contributed by atoms with van der Waals surface area (Å²) in [6.45, 7) is 2.74. The van der Waals surface area contributed by atoms with Crippen molar-refractivity contribution in [2.45, 2.75) is 26.4 Å². The van der Waals surface area contributed by atoms with Crippen LogP contribution in [-0.4, -0.2) is 34.2 Å². The van der Waals surface area contributed by atoms with Crippen LogP contribution in [-0.2, 0) is 20.9 Å². The molecule has 0 bridgehead atoms. The molecule has 2 aromatic rings. The smallest absolute Gasteiger partial charge is 0.307 e. The Bertz CT molecular complexity index is 1060. The molecule has 0 radical (unpaired) electrons. The maximum Gasteiger partial charge on any atom is 0.307 e. The summed E-state index contributed by atoms with van der Waals surface area (Å²) in [5.74, 6) is 0.0234. The fraction of sp³-hybridized carbons (Fsp3) is 0.261. The molecule has 0 spiro atoms. The lowest BCUT2D eigenvalue weighted by atomic mass is 10.1. The molecule has 9 heteroatoms. The van der Waals surface area contributed by atoms with Gasteiger partial charge in [-0.1, -0.05) is 78.4 Å². The van der Waals surface area contributed by atoms with Crippen LogP contribution in [0, 0.1) is 0 Å². The van der Waals surface area contributed by atoms with Crippen LogP contribution in [0.1, 0.15) is 30.9 Å². The zero-order chi connectivity index (χ0) is 23.1. The van der Waals surface area contributed by atoms with E-state index in [9.17, 15) is 9.59 Å². The Labute approximate surface area is 206 Å². The molecule has 1 aliphatic rings. The third-order valence-corrected chi connectivity index (χ3v) is 6.45. The molecular formula is C23H21Cl2NO4S2. The normalized spacial score (nSPS) is 14.8. The Balaban J connectivity index is 1.69. The van der Waals surface area contributed by atoms with Gasteiger partial charge in [-0.2, -0.15) is 0 Å². The van der Waals surface area contributed by atoms with Gasteiger partial charge in [0.15, 0.2) is 0 Å². The van der Waals surface area contributed by atoms with Crippen molar-refractivity contribution >= 4 is 69.5 Å². The van der Waals surface area contributed by atoms with Crippen molar-refractivity contribution in [3.63, 3.8) is 0 Å². The van der Waals surface area contributed by atoms with Crippen molar-refractivity contribution in [3.8, 4) is 5.75 Å². The Morgan fingerprint density at radius 3 is 2.75 bits per heavy atom. The zero-order valence-electron chi connectivity index (χ0n) is 17.3. The average molecular weight is 510 g/mol. The number of hydrogen-bond acceptors (Lipinski definition) is 6. The predicted molar refractivity (Wildman–Crippen MR) is 133 cm³/mol. The molecule has 2 aromatic carbocycles. The summed E-state index contributed by atoms with van der Waals surface area (Å²) in [6.07, 6.45) is 2.59. The summed E-state index contributed by atoms with van der Waals surface area (Å²) in [7, 11) is 0. The number of halogens is 2. The number of amides is 1. The van der Waals surface area contributed by atoms with Crippen molar-refractivity contribution in [2.24, 2.45) is 0 Å². The first-order valence-corrected chi connectivity index (χ1v) is 11.9. The fourth-order valence-corrected chi connectivity index (χ4v) is 4.61. The lowest BCUT2D eigenvalue weighted by molar-refractivity contribution is -0.143. The standard InChI is InChI=1S/C23H21Cl2NO4S2/c1-2-11-29-21(27)9-10-26-22(28)20(32-23(26)31)12-15-5-3-4-6-19(15)30-14-16-7-8-17(24)13-18(16)25/h3-8,12-13H,2,9-11,14H2,1H3/b20-12+. The highest BCUT2D eigenvalue weighted by Crippen LogP contribution is 2.34. The van der Waals surface area contributed by atoms with Gasteiger partial charge in [-0.05, 0) is 30.7 Å². The highest BCUT2D eigenvalue weighted by molar-refractivity contribution is 8.26. The molecule has 0 unspecified atom stereocenters. The van der Waals surface area contributed by atoms with E-state index in [-0.39, 0.29) is 31.4 Å². The van der Waals surface area contributed by atoms with Crippen molar-refractivity contribution in [3.05, 3.63) is 68.5 Å². The molecule has 0 atom stereocenters. The summed E-state index contributed by atoms with van der Waals surface area (Å²) in [6, 6.07) is 12.6. The summed E-state index contributed by atoms with van der Waals surface area (Å²) in [5, 5.41) is 1.08. The Morgan fingerprint density at radius 1 is 1.22 bits per heavy atom. The summed E-state index contributed by atoms with van der Waals surface area (Å²) in [4.78, 5) is 26.5. The van der Waals surface area contributed by atoms with Gasteiger partial charge in [0.1, 0.15) is 16.7 Å². The molecule has 0 saturated carbocycles. The Hall–Kier alpha value is -2.06. The van der Waals surface area contributed by atoms with Crippen LogP contribution >= 0.6 is 47.2 Å². The van der Waals surface area contributed by atoms with Crippen molar-refractivity contribution in [1.29, 1.82) is 0 Å². The van der Waals surface area contributed by atoms with E-state index in [0.717, 1.165) is 17.5 Å². The largest absolute Gasteiger partial charge is 0.488 e. The minimum Gasteiger partial charge on any atom is -0.488 e. The van der Waals surface area contributed by atoms with E-state index in [0.29, 0.717) is 31.6 Å². The summed E-state index contributed by atoms with van der Waals surface area (Å²) >= 11 is 18.7. The van der Waals surface area contributed by atoms with Gasteiger partial charge in [-0.15, -0.1) is 0 Å². The van der Waals surface area contributed by atoms with Crippen LogP contribution in [0.15, 0.2) is 47.4 Å². The van der Waals surface area contributed by atoms with Crippen LogP contribution < -0.4 is 4.74 Å². The number of para-hydroxylation sites is 1. The lowest BCUT2D eigenvalue weighted by Gasteiger charge is -2.13. The topological polar surface area (TPSA) is 55.8 Å². The number of carbonyl (C=O) groups excluding carboxylic acids is 2. The Kier molecular flexibility index (Phi) is 8.99. The second kappa shape index (κ2) is 11.7. The number of hydrogen-bond donors (Lipinski definition) is 0. The molecule has 1 aliphatic heterocycles. The van der Waals surface area contributed by atoms with E-state index in [4.69, 9.17) is 44.9 Å². The zero-order valence-corrected chi connectivity index (χ0v) is 20.5. The average Bonchev–Trinajstić information content (AvgIpc) is 3.03. The molecule has 32 heavy (non-hydrogen) atoms. The van der Waals surface area contributed by atoms with Gasteiger partial charge in [0.05, 0.1) is 17.9 Å². The first-order chi connectivity index (χ1) is 15.4. The molecule has 1 amide bonds. The number of thiocarbonyl (C=S) groups is 1. The highest BCUT2D eigenvalue weighted by atomic mass is 35.5. The van der Waals surface area contributed by atoms with Crippen LogP contribution in [0.3, 0.4) is 0 Å². The number of carbonyl (C=O) groups is 2. The van der Waals surface area contributed by atoms with Gasteiger partial charge in [-0.3, -0.25) is 14.5 Å². The Morgan fingerprint density at radius 2 is 2.00 bits per heavy atom. The van der Waals surface area contributed by atoms with Gasteiger partial charge < -0.3 is 9.47 Å². The summed E-state index contributed by atoms with van der Waals surface area (Å²) < 4.78 is 11.4. The predicted octanol–water partition coefficient (Wildman–Crippen LogP) is 6.12. The molecule has 0 aromatic heterocycles. The molecule has 1 fully saturated rings. The number of thioether (sulfide) groups is 1. The van der Waals surface area contributed by atoms with E-state index in [1.165, 1.54) is 16.7 Å². The maximum atomic E-state index is 12.8.